The molecule has 0 fully saturated rings. The fraction of sp³-hybridized carbons (Fsp3) is 0.0714. The highest BCUT2D eigenvalue weighted by atomic mass is 35.5. The van der Waals surface area contributed by atoms with Gasteiger partial charge in [0.15, 0.2) is 0 Å². The Kier molecular flexibility index (Phi) is 4.37. The second kappa shape index (κ2) is 6.03. The van der Waals surface area contributed by atoms with Crippen molar-refractivity contribution in [2.45, 2.75) is 6.92 Å². The Morgan fingerprint density at radius 2 is 1.60 bits per heavy atom. The Morgan fingerprint density at radius 1 is 1.00 bits per heavy atom. The van der Waals surface area contributed by atoms with Gasteiger partial charge in [0.1, 0.15) is 5.75 Å². The number of aryl methyl sites for hydroxylation is 1. The molecule has 0 aliphatic rings. The summed E-state index contributed by atoms with van der Waals surface area (Å²) in [6, 6.07) is 9.16. The van der Waals surface area contributed by atoms with Crippen molar-refractivity contribution in [3.05, 3.63) is 52.0 Å². The molecule has 0 unspecified atom stereocenters. The highest BCUT2D eigenvalue weighted by molar-refractivity contribution is 6.35. The maximum Gasteiger partial charge on any atom is 0.323 e. The molecule has 0 bridgehead atoms. The van der Waals surface area contributed by atoms with Gasteiger partial charge >= 0.3 is 6.03 Å². The fourth-order valence-electron chi connectivity index (χ4n) is 1.61. The third kappa shape index (κ3) is 3.79. The number of halogens is 2. The first-order valence-electron chi connectivity index (χ1n) is 5.78. The van der Waals surface area contributed by atoms with Crippen molar-refractivity contribution in [2.24, 2.45) is 0 Å². The normalized spacial score (nSPS) is 10.2. The first kappa shape index (κ1) is 14.5. The van der Waals surface area contributed by atoms with Crippen molar-refractivity contribution in [1.29, 1.82) is 0 Å². The number of carbonyl (C=O) groups is 1. The number of phenols is 1. The minimum Gasteiger partial charge on any atom is -0.508 e. The summed E-state index contributed by atoms with van der Waals surface area (Å²) in [5, 5.41) is 15.6. The maximum atomic E-state index is 11.8. The van der Waals surface area contributed by atoms with Crippen LogP contribution < -0.4 is 10.6 Å². The van der Waals surface area contributed by atoms with E-state index in [1.807, 2.05) is 0 Å². The van der Waals surface area contributed by atoms with E-state index in [2.05, 4.69) is 10.6 Å². The summed E-state index contributed by atoms with van der Waals surface area (Å²) < 4.78 is 0. The molecule has 2 amide bonds. The molecule has 104 valence electrons. The molecule has 20 heavy (non-hydrogen) atoms. The summed E-state index contributed by atoms with van der Waals surface area (Å²) >= 11 is 11.7. The largest absolute Gasteiger partial charge is 0.508 e. The molecule has 2 aromatic carbocycles. The summed E-state index contributed by atoms with van der Waals surface area (Å²) in [6.45, 7) is 1.77. The third-order valence-corrected chi connectivity index (χ3v) is 3.02. The van der Waals surface area contributed by atoms with Gasteiger partial charge in [-0.3, -0.25) is 0 Å². The molecule has 0 aliphatic carbocycles. The van der Waals surface area contributed by atoms with Crippen molar-refractivity contribution in [3.8, 4) is 5.75 Å². The van der Waals surface area contributed by atoms with Gasteiger partial charge in [-0.2, -0.15) is 0 Å². The van der Waals surface area contributed by atoms with Crippen LogP contribution in [0.2, 0.25) is 10.0 Å². The topological polar surface area (TPSA) is 61.4 Å². The van der Waals surface area contributed by atoms with E-state index in [0.29, 0.717) is 21.4 Å². The molecule has 0 radical (unpaired) electrons. The molecule has 0 heterocycles. The van der Waals surface area contributed by atoms with Crippen LogP contribution in [0.5, 0.6) is 5.75 Å². The average Bonchev–Trinajstić information content (AvgIpc) is 2.32. The first-order chi connectivity index (χ1) is 9.44. The van der Waals surface area contributed by atoms with Crippen LogP contribution in [0.25, 0.3) is 0 Å². The van der Waals surface area contributed by atoms with Crippen LogP contribution in [-0.4, -0.2) is 11.1 Å². The van der Waals surface area contributed by atoms with Crippen LogP contribution in [0.3, 0.4) is 0 Å². The lowest BCUT2D eigenvalue weighted by Gasteiger charge is -2.09. The molecule has 0 aliphatic heterocycles. The van der Waals surface area contributed by atoms with Gasteiger partial charge in [0.2, 0.25) is 0 Å². The van der Waals surface area contributed by atoms with E-state index < -0.39 is 6.03 Å². The van der Waals surface area contributed by atoms with Crippen molar-refractivity contribution in [3.63, 3.8) is 0 Å². The van der Waals surface area contributed by atoms with E-state index in [1.54, 1.807) is 37.3 Å². The Bertz CT molecular complexity index is 639. The minimum atomic E-state index is -0.452. The average molecular weight is 311 g/mol. The predicted octanol–water partition coefficient (Wildman–Crippen LogP) is 4.65. The number of carbonyl (C=O) groups excluding carboxylic acids is 1. The van der Waals surface area contributed by atoms with Crippen molar-refractivity contribution < 1.29 is 9.90 Å². The minimum absolute atomic E-state index is 0.119. The zero-order chi connectivity index (χ0) is 14.7. The summed E-state index contributed by atoms with van der Waals surface area (Å²) in [4.78, 5) is 11.8. The third-order valence-electron chi connectivity index (χ3n) is 2.59. The van der Waals surface area contributed by atoms with E-state index in [4.69, 9.17) is 23.2 Å². The molecule has 6 heteroatoms. The van der Waals surface area contributed by atoms with E-state index in [-0.39, 0.29) is 5.75 Å². The lowest BCUT2D eigenvalue weighted by Crippen LogP contribution is -2.19. The van der Waals surface area contributed by atoms with Gasteiger partial charge < -0.3 is 15.7 Å². The van der Waals surface area contributed by atoms with E-state index in [0.717, 1.165) is 5.56 Å². The molecule has 0 saturated carbocycles. The molecule has 3 N–H and O–H groups in total. The number of nitrogens with one attached hydrogen (secondary N) is 2. The molecule has 4 nitrogen and oxygen atoms in total. The van der Waals surface area contributed by atoms with Crippen molar-refractivity contribution in [2.75, 3.05) is 10.6 Å². The number of aromatic hydroxyl groups is 1. The SMILES string of the molecule is Cc1ccc(NC(=O)Nc2cc(Cl)cc(Cl)c2)cc1O. The Morgan fingerprint density at radius 3 is 2.20 bits per heavy atom. The van der Waals surface area contributed by atoms with Gasteiger partial charge in [-0.1, -0.05) is 29.3 Å². The second-order valence-electron chi connectivity index (χ2n) is 4.24. The molecule has 2 aromatic rings. The first-order valence-corrected chi connectivity index (χ1v) is 6.53. The van der Waals surface area contributed by atoms with Crippen molar-refractivity contribution >= 4 is 40.6 Å². The van der Waals surface area contributed by atoms with Crippen LogP contribution in [-0.2, 0) is 0 Å². The second-order valence-corrected chi connectivity index (χ2v) is 5.11. The number of rotatable bonds is 2. The van der Waals surface area contributed by atoms with E-state index in [1.165, 1.54) is 6.07 Å². The Balaban J connectivity index is 2.06. The summed E-state index contributed by atoms with van der Waals surface area (Å²) in [5.74, 6) is 0.119. The lowest BCUT2D eigenvalue weighted by molar-refractivity contribution is 0.262. The molecular weight excluding hydrogens is 299 g/mol. The van der Waals surface area contributed by atoms with Crippen LogP contribution in [0, 0.1) is 6.92 Å². The smallest absolute Gasteiger partial charge is 0.323 e. The maximum absolute atomic E-state index is 11.8. The van der Waals surface area contributed by atoms with Gasteiger partial charge in [-0.05, 0) is 36.8 Å². The fourth-order valence-corrected chi connectivity index (χ4v) is 2.13. The van der Waals surface area contributed by atoms with Gasteiger partial charge in [-0.25, -0.2) is 4.79 Å². The number of hydrogen-bond donors (Lipinski definition) is 3. The van der Waals surface area contributed by atoms with E-state index in [9.17, 15) is 9.90 Å². The molecule has 0 aromatic heterocycles. The summed E-state index contributed by atoms with van der Waals surface area (Å²) in [5.41, 5.74) is 1.70. The number of benzene rings is 2. The Labute approximate surface area is 126 Å². The van der Waals surface area contributed by atoms with Crippen LogP contribution in [0.15, 0.2) is 36.4 Å². The number of hydrogen-bond acceptors (Lipinski definition) is 2. The van der Waals surface area contributed by atoms with Crippen molar-refractivity contribution in [1.82, 2.24) is 0 Å². The van der Waals surface area contributed by atoms with Crippen LogP contribution in [0.4, 0.5) is 16.2 Å². The highest BCUT2D eigenvalue weighted by Gasteiger charge is 2.06. The summed E-state index contributed by atoms with van der Waals surface area (Å²) in [6.07, 6.45) is 0. The zero-order valence-corrected chi connectivity index (χ0v) is 12.1. The summed E-state index contributed by atoms with van der Waals surface area (Å²) in [7, 11) is 0. The van der Waals surface area contributed by atoms with Gasteiger partial charge in [0.25, 0.3) is 0 Å². The molecule has 0 atom stereocenters. The van der Waals surface area contributed by atoms with Gasteiger partial charge in [0, 0.05) is 27.5 Å². The molecule has 2 rings (SSSR count). The molecule has 0 saturated heterocycles. The Hall–Kier alpha value is -1.91. The van der Waals surface area contributed by atoms with Gasteiger partial charge in [0.05, 0.1) is 0 Å². The van der Waals surface area contributed by atoms with Crippen LogP contribution >= 0.6 is 23.2 Å². The van der Waals surface area contributed by atoms with E-state index >= 15 is 0 Å². The zero-order valence-electron chi connectivity index (χ0n) is 10.6. The number of urea groups is 1. The highest BCUT2D eigenvalue weighted by Crippen LogP contribution is 2.23. The quantitative estimate of drug-likeness (QED) is 0.756. The number of phenolic OH excluding ortho intramolecular Hbond substituents is 1. The predicted molar refractivity (Wildman–Crippen MR) is 81.9 cm³/mol. The van der Waals surface area contributed by atoms with Crippen LogP contribution in [0.1, 0.15) is 5.56 Å². The molecule has 0 spiro atoms. The monoisotopic (exact) mass is 310 g/mol. The number of anilines is 2. The van der Waals surface area contributed by atoms with Gasteiger partial charge in [-0.15, -0.1) is 0 Å². The molecular formula is C14H12Cl2N2O2. The number of amides is 2. The lowest BCUT2D eigenvalue weighted by atomic mass is 10.2. The standard InChI is InChI=1S/C14H12Cl2N2O2/c1-8-2-3-11(7-13(8)19)17-14(20)18-12-5-9(15)4-10(16)6-12/h2-7,19H,1H3,(H2,17,18,20).